The second-order valence-electron chi connectivity index (χ2n) is 5.47. The summed E-state index contributed by atoms with van der Waals surface area (Å²) >= 11 is 5.97. The molecule has 128 valence electrons. The molecular formula is C18H23ClN4O. The summed E-state index contributed by atoms with van der Waals surface area (Å²) in [6, 6.07) is 9.38. The topological polar surface area (TPSA) is 58.1 Å². The summed E-state index contributed by atoms with van der Waals surface area (Å²) in [6.07, 6.45) is 0.721. The summed E-state index contributed by atoms with van der Waals surface area (Å²) in [5.74, 6) is 1.20. The number of amides is 1. The Hall–Kier alpha value is -2.14. The molecule has 5 nitrogen and oxygen atoms in total. The van der Waals surface area contributed by atoms with Crippen LogP contribution < -0.4 is 10.2 Å². The summed E-state index contributed by atoms with van der Waals surface area (Å²) in [5, 5.41) is 3.61. The molecule has 0 spiro atoms. The van der Waals surface area contributed by atoms with Gasteiger partial charge in [-0.3, -0.25) is 4.79 Å². The van der Waals surface area contributed by atoms with Crippen LogP contribution in [0.2, 0.25) is 5.02 Å². The number of anilines is 1. The van der Waals surface area contributed by atoms with E-state index in [1.807, 2.05) is 24.3 Å². The number of nitrogens with one attached hydrogen (secondary N) is 1. The number of aromatic nitrogens is 2. The van der Waals surface area contributed by atoms with E-state index in [2.05, 4.69) is 34.0 Å². The first kappa shape index (κ1) is 18.2. The molecule has 6 heteroatoms. The number of carbonyl (C=O) groups is 1. The number of carbonyl (C=O) groups excluding carboxylic acids is 1. The number of hydrogen-bond donors (Lipinski definition) is 1. The molecule has 1 N–H and O–H groups in total. The van der Waals surface area contributed by atoms with E-state index < -0.39 is 0 Å². The summed E-state index contributed by atoms with van der Waals surface area (Å²) in [4.78, 5) is 23.1. The van der Waals surface area contributed by atoms with Crippen LogP contribution in [0.1, 0.15) is 35.7 Å². The fourth-order valence-corrected chi connectivity index (χ4v) is 2.69. The highest BCUT2D eigenvalue weighted by atomic mass is 35.5. The van der Waals surface area contributed by atoms with Gasteiger partial charge in [0.25, 0.3) is 5.91 Å². The second-order valence-corrected chi connectivity index (χ2v) is 5.90. The lowest BCUT2D eigenvalue weighted by atomic mass is 10.1. The molecule has 24 heavy (non-hydrogen) atoms. The third-order valence-corrected chi connectivity index (χ3v) is 3.97. The molecule has 2 rings (SSSR count). The van der Waals surface area contributed by atoms with Crippen molar-refractivity contribution in [1.29, 1.82) is 0 Å². The molecule has 1 amide bonds. The molecule has 0 radical (unpaired) electrons. The van der Waals surface area contributed by atoms with E-state index in [-0.39, 0.29) is 5.91 Å². The van der Waals surface area contributed by atoms with Crippen LogP contribution in [-0.2, 0) is 6.42 Å². The number of benzene rings is 1. The van der Waals surface area contributed by atoms with Crippen molar-refractivity contribution in [2.75, 3.05) is 24.5 Å². The maximum Gasteiger partial charge on any atom is 0.270 e. The summed E-state index contributed by atoms with van der Waals surface area (Å²) in [5.41, 5.74) is 1.49. The Bertz CT molecular complexity index is 701. The van der Waals surface area contributed by atoms with E-state index in [1.54, 1.807) is 13.0 Å². The minimum Gasteiger partial charge on any atom is -0.357 e. The van der Waals surface area contributed by atoms with Crippen molar-refractivity contribution in [2.45, 2.75) is 27.2 Å². The Morgan fingerprint density at radius 2 is 1.96 bits per heavy atom. The molecule has 0 saturated carbocycles. The Morgan fingerprint density at radius 1 is 1.21 bits per heavy atom. The monoisotopic (exact) mass is 346 g/mol. The summed E-state index contributed by atoms with van der Waals surface area (Å²) in [7, 11) is 0. The van der Waals surface area contributed by atoms with Crippen LogP contribution in [-0.4, -0.2) is 35.5 Å². The molecule has 0 aliphatic heterocycles. The molecule has 0 unspecified atom stereocenters. The third kappa shape index (κ3) is 4.93. The van der Waals surface area contributed by atoms with Crippen molar-refractivity contribution in [3.63, 3.8) is 0 Å². The largest absolute Gasteiger partial charge is 0.357 e. The van der Waals surface area contributed by atoms with Gasteiger partial charge < -0.3 is 10.2 Å². The second kappa shape index (κ2) is 8.64. The molecule has 1 heterocycles. The smallest absolute Gasteiger partial charge is 0.270 e. The lowest BCUT2D eigenvalue weighted by Crippen LogP contribution is -2.28. The third-order valence-electron chi connectivity index (χ3n) is 3.73. The van der Waals surface area contributed by atoms with Crippen LogP contribution in [0.3, 0.4) is 0 Å². The fraction of sp³-hybridized carbons (Fsp3) is 0.389. The lowest BCUT2D eigenvalue weighted by Gasteiger charge is -2.20. The Labute approximate surface area is 148 Å². The molecule has 2 aromatic rings. The van der Waals surface area contributed by atoms with Crippen LogP contribution in [0.25, 0.3) is 0 Å². The maximum atomic E-state index is 12.4. The van der Waals surface area contributed by atoms with Crippen LogP contribution in [0, 0.1) is 6.92 Å². The van der Waals surface area contributed by atoms with E-state index in [0.717, 1.165) is 30.9 Å². The van der Waals surface area contributed by atoms with Crippen LogP contribution in [0.4, 0.5) is 5.82 Å². The van der Waals surface area contributed by atoms with Crippen LogP contribution in [0.5, 0.6) is 0 Å². The van der Waals surface area contributed by atoms with Crippen molar-refractivity contribution in [3.05, 3.63) is 52.4 Å². The van der Waals surface area contributed by atoms with Crippen molar-refractivity contribution >= 4 is 23.3 Å². The van der Waals surface area contributed by atoms with Gasteiger partial charge in [0.15, 0.2) is 0 Å². The zero-order valence-corrected chi connectivity index (χ0v) is 15.1. The normalized spacial score (nSPS) is 10.5. The van der Waals surface area contributed by atoms with Crippen molar-refractivity contribution in [2.24, 2.45) is 0 Å². The number of halogens is 1. The Balaban J connectivity index is 2.01. The van der Waals surface area contributed by atoms with Gasteiger partial charge in [0, 0.05) is 30.7 Å². The van der Waals surface area contributed by atoms with E-state index in [0.29, 0.717) is 23.1 Å². The molecule has 1 aromatic heterocycles. The fourth-order valence-electron chi connectivity index (χ4n) is 2.48. The van der Waals surface area contributed by atoms with E-state index in [1.165, 1.54) is 0 Å². The predicted octanol–water partition coefficient (Wildman–Crippen LogP) is 3.26. The van der Waals surface area contributed by atoms with E-state index >= 15 is 0 Å². The minimum atomic E-state index is -0.184. The molecular weight excluding hydrogens is 324 g/mol. The molecule has 1 aromatic carbocycles. The standard InChI is InChI=1S/C18H23ClN4O/c1-4-23(5-2)17-12-16(21-13(3)22-17)18(24)20-10-9-14-7-6-8-15(19)11-14/h6-8,11-12H,4-5,9-10H2,1-3H3,(H,20,24). The number of aryl methyl sites for hydroxylation is 1. The van der Waals surface area contributed by atoms with Gasteiger partial charge in [0.1, 0.15) is 17.3 Å². The van der Waals surface area contributed by atoms with Gasteiger partial charge >= 0.3 is 0 Å². The number of nitrogens with zero attached hydrogens (tertiary/aromatic N) is 3. The first-order valence-corrected chi connectivity index (χ1v) is 8.54. The number of hydrogen-bond acceptors (Lipinski definition) is 4. The SMILES string of the molecule is CCN(CC)c1cc(C(=O)NCCc2cccc(Cl)c2)nc(C)n1. The summed E-state index contributed by atoms with van der Waals surface area (Å²) < 4.78 is 0. The van der Waals surface area contributed by atoms with Crippen molar-refractivity contribution in [1.82, 2.24) is 15.3 Å². The summed E-state index contributed by atoms with van der Waals surface area (Å²) in [6.45, 7) is 8.13. The van der Waals surface area contributed by atoms with Gasteiger partial charge in [-0.15, -0.1) is 0 Å². The minimum absolute atomic E-state index is 0.184. The molecule has 0 aliphatic rings. The Kier molecular flexibility index (Phi) is 6.55. The molecule has 0 fully saturated rings. The van der Waals surface area contributed by atoms with Crippen LogP contribution >= 0.6 is 11.6 Å². The van der Waals surface area contributed by atoms with Crippen LogP contribution in [0.15, 0.2) is 30.3 Å². The average Bonchev–Trinajstić information content (AvgIpc) is 2.55. The van der Waals surface area contributed by atoms with E-state index in [9.17, 15) is 4.79 Å². The van der Waals surface area contributed by atoms with Gasteiger partial charge in [0.2, 0.25) is 0 Å². The molecule has 0 saturated heterocycles. The van der Waals surface area contributed by atoms with Gasteiger partial charge in [-0.25, -0.2) is 9.97 Å². The average molecular weight is 347 g/mol. The zero-order valence-electron chi connectivity index (χ0n) is 14.3. The van der Waals surface area contributed by atoms with Crippen molar-refractivity contribution in [3.8, 4) is 0 Å². The van der Waals surface area contributed by atoms with Gasteiger partial charge in [0.05, 0.1) is 0 Å². The van der Waals surface area contributed by atoms with Crippen molar-refractivity contribution < 1.29 is 4.79 Å². The highest BCUT2D eigenvalue weighted by Gasteiger charge is 2.12. The lowest BCUT2D eigenvalue weighted by molar-refractivity contribution is 0.0948. The van der Waals surface area contributed by atoms with Gasteiger partial charge in [-0.2, -0.15) is 0 Å². The first-order valence-electron chi connectivity index (χ1n) is 8.16. The molecule has 0 bridgehead atoms. The number of rotatable bonds is 7. The highest BCUT2D eigenvalue weighted by Crippen LogP contribution is 2.13. The van der Waals surface area contributed by atoms with Gasteiger partial charge in [-0.05, 0) is 44.9 Å². The van der Waals surface area contributed by atoms with E-state index in [4.69, 9.17) is 11.6 Å². The Morgan fingerprint density at radius 3 is 2.62 bits per heavy atom. The maximum absolute atomic E-state index is 12.4. The quantitative estimate of drug-likeness (QED) is 0.836. The predicted molar refractivity (Wildman–Crippen MR) is 97.8 cm³/mol. The van der Waals surface area contributed by atoms with Gasteiger partial charge in [-0.1, -0.05) is 23.7 Å². The molecule has 0 aliphatic carbocycles. The molecule has 0 atom stereocenters. The zero-order chi connectivity index (χ0) is 17.5. The highest BCUT2D eigenvalue weighted by molar-refractivity contribution is 6.30. The first-order chi connectivity index (χ1) is 11.5.